The van der Waals surface area contributed by atoms with Crippen molar-refractivity contribution in [3.8, 4) is 6.07 Å². The molecule has 5 fully saturated rings. The lowest BCUT2D eigenvalue weighted by Crippen LogP contribution is -2.71. The fraction of sp³-hybridized carbons (Fsp3) is 0.840. The van der Waals surface area contributed by atoms with E-state index in [9.17, 15) is 32.8 Å². The Kier molecular flexibility index (Phi) is 6.18. The first kappa shape index (κ1) is 26.7. The molecule has 2 saturated carbocycles. The van der Waals surface area contributed by atoms with Gasteiger partial charge in [-0.3, -0.25) is 19.7 Å². The minimum Gasteiger partial charge on any atom is -0.350 e. The number of carbonyl (C=O) groups excluding carboxylic acids is 3. The molecule has 0 aromatic rings. The SMILES string of the molecule is CC(C)(C)[C@H](NCC(F)(F)F)C(=O)N1C[C@H]2C[C@@]1(C(=O)N[C@H](C#N)C[C@@H]1CC3(CC3)NC1=O)C2(C)C. The first-order valence-corrected chi connectivity index (χ1v) is 12.6. The molecule has 5 aliphatic rings. The molecule has 3 heterocycles. The molecule has 8 nitrogen and oxygen atoms in total. The maximum Gasteiger partial charge on any atom is 0.401 e. The fourth-order valence-electron chi connectivity index (χ4n) is 6.49. The second-order valence-electron chi connectivity index (χ2n) is 12.8. The van der Waals surface area contributed by atoms with Crippen LogP contribution >= 0.6 is 0 Å². The first-order chi connectivity index (χ1) is 16.5. The second-order valence-corrected chi connectivity index (χ2v) is 12.8. The van der Waals surface area contributed by atoms with Crippen molar-refractivity contribution in [2.24, 2.45) is 22.7 Å². The fourth-order valence-corrected chi connectivity index (χ4v) is 6.49. The number of nitrogens with zero attached hydrogens (tertiary/aromatic N) is 2. The largest absolute Gasteiger partial charge is 0.401 e. The van der Waals surface area contributed by atoms with E-state index in [0.29, 0.717) is 12.8 Å². The van der Waals surface area contributed by atoms with E-state index in [1.54, 1.807) is 20.8 Å². The van der Waals surface area contributed by atoms with Gasteiger partial charge in [-0.25, -0.2) is 0 Å². The van der Waals surface area contributed by atoms with E-state index < -0.39 is 53.0 Å². The second kappa shape index (κ2) is 8.33. The highest BCUT2D eigenvalue weighted by molar-refractivity contribution is 5.97. The predicted molar refractivity (Wildman–Crippen MR) is 124 cm³/mol. The molecular weight excluding hydrogens is 475 g/mol. The molecule has 200 valence electrons. The summed E-state index contributed by atoms with van der Waals surface area (Å²) >= 11 is 0. The molecule has 1 spiro atoms. The molecule has 3 amide bonds. The van der Waals surface area contributed by atoms with Crippen LogP contribution in [-0.4, -0.2) is 65.0 Å². The number of alkyl halides is 3. The Hall–Kier alpha value is -2.35. The van der Waals surface area contributed by atoms with Crippen molar-refractivity contribution in [1.82, 2.24) is 20.9 Å². The number of fused-ring (bicyclic) bond motifs is 1. The molecule has 2 bridgehead atoms. The summed E-state index contributed by atoms with van der Waals surface area (Å²) in [4.78, 5) is 41.2. The molecule has 3 N–H and O–H groups in total. The van der Waals surface area contributed by atoms with Crippen LogP contribution < -0.4 is 16.0 Å². The van der Waals surface area contributed by atoms with Gasteiger partial charge in [0.2, 0.25) is 17.7 Å². The summed E-state index contributed by atoms with van der Waals surface area (Å²) in [6.45, 7) is 7.76. The van der Waals surface area contributed by atoms with Gasteiger partial charge in [0, 0.05) is 23.4 Å². The Bertz CT molecular complexity index is 994. The van der Waals surface area contributed by atoms with Gasteiger partial charge in [0.05, 0.1) is 18.7 Å². The van der Waals surface area contributed by atoms with Crippen LogP contribution in [0.5, 0.6) is 0 Å². The highest BCUT2D eigenvalue weighted by Crippen LogP contribution is 2.64. The molecule has 11 heteroatoms. The van der Waals surface area contributed by atoms with Crippen molar-refractivity contribution in [2.45, 2.75) is 96.1 Å². The van der Waals surface area contributed by atoms with Gasteiger partial charge in [0.1, 0.15) is 11.6 Å². The number of carbonyl (C=O) groups is 3. The average Bonchev–Trinajstić information content (AvgIpc) is 3.13. The third-order valence-electron chi connectivity index (χ3n) is 8.98. The van der Waals surface area contributed by atoms with E-state index in [2.05, 4.69) is 22.0 Å². The van der Waals surface area contributed by atoms with Crippen molar-refractivity contribution >= 4 is 17.7 Å². The monoisotopic (exact) mass is 511 g/mol. The van der Waals surface area contributed by atoms with E-state index in [1.165, 1.54) is 4.90 Å². The average molecular weight is 512 g/mol. The van der Waals surface area contributed by atoms with Gasteiger partial charge in [-0.15, -0.1) is 0 Å². The topological polar surface area (TPSA) is 114 Å². The molecule has 3 saturated heterocycles. The normalized spacial score (nSPS) is 31.3. The lowest BCUT2D eigenvalue weighted by Gasteiger charge is -2.55. The molecule has 0 aromatic carbocycles. The van der Waals surface area contributed by atoms with Gasteiger partial charge >= 0.3 is 6.18 Å². The zero-order valence-corrected chi connectivity index (χ0v) is 21.5. The van der Waals surface area contributed by atoms with E-state index in [4.69, 9.17) is 0 Å². The number of rotatable bonds is 7. The summed E-state index contributed by atoms with van der Waals surface area (Å²) in [5.74, 6) is -1.48. The van der Waals surface area contributed by atoms with Crippen LogP contribution in [0.1, 0.15) is 66.7 Å². The van der Waals surface area contributed by atoms with Crippen molar-refractivity contribution < 1.29 is 27.6 Å². The van der Waals surface area contributed by atoms with Crippen LogP contribution in [0.15, 0.2) is 0 Å². The van der Waals surface area contributed by atoms with E-state index in [1.807, 2.05) is 13.8 Å². The molecule has 5 atom stereocenters. The molecule has 0 aromatic heterocycles. The Morgan fingerprint density at radius 1 is 1.22 bits per heavy atom. The van der Waals surface area contributed by atoms with Crippen molar-refractivity contribution in [3.63, 3.8) is 0 Å². The lowest BCUT2D eigenvalue weighted by molar-refractivity contribution is -0.161. The van der Waals surface area contributed by atoms with Crippen molar-refractivity contribution in [3.05, 3.63) is 0 Å². The van der Waals surface area contributed by atoms with Gasteiger partial charge in [-0.1, -0.05) is 34.6 Å². The summed E-state index contributed by atoms with van der Waals surface area (Å²) in [6, 6.07) is 0.0270. The van der Waals surface area contributed by atoms with Gasteiger partial charge in [-0.2, -0.15) is 18.4 Å². The summed E-state index contributed by atoms with van der Waals surface area (Å²) in [6.07, 6.45) is -1.43. The van der Waals surface area contributed by atoms with E-state index in [-0.39, 0.29) is 36.2 Å². The minimum absolute atomic E-state index is 0.0197. The smallest absolute Gasteiger partial charge is 0.350 e. The number of hydrogen-bond donors (Lipinski definition) is 3. The quantitative estimate of drug-likeness (QED) is 0.485. The predicted octanol–water partition coefficient (Wildman–Crippen LogP) is 2.25. The number of halogens is 3. The van der Waals surface area contributed by atoms with Crippen LogP contribution in [-0.2, 0) is 14.4 Å². The van der Waals surface area contributed by atoms with Crippen LogP contribution in [0.4, 0.5) is 13.2 Å². The van der Waals surface area contributed by atoms with Crippen molar-refractivity contribution in [2.75, 3.05) is 13.1 Å². The number of nitrogens with one attached hydrogen (secondary N) is 3. The number of amides is 3. The Balaban J connectivity index is 1.52. The van der Waals surface area contributed by atoms with Gasteiger partial charge in [-0.05, 0) is 43.4 Å². The summed E-state index contributed by atoms with van der Waals surface area (Å²) < 4.78 is 38.9. The van der Waals surface area contributed by atoms with E-state index >= 15 is 0 Å². The third-order valence-corrected chi connectivity index (χ3v) is 8.98. The summed E-state index contributed by atoms with van der Waals surface area (Å²) in [7, 11) is 0. The molecule has 5 rings (SSSR count). The van der Waals surface area contributed by atoms with E-state index in [0.717, 1.165) is 12.8 Å². The van der Waals surface area contributed by atoms with Crippen LogP contribution in [0.3, 0.4) is 0 Å². The maximum absolute atomic E-state index is 13.7. The maximum atomic E-state index is 13.7. The highest BCUT2D eigenvalue weighted by Gasteiger charge is 2.74. The Morgan fingerprint density at radius 2 is 1.86 bits per heavy atom. The molecule has 0 unspecified atom stereocenters. The van der Waals surface area contributed by atoms with Crippen LogP contribution in [0.2, 0.25) is 0 Å². The van der Waals surface area contributed by atoms with Gasteiger partial charge in [0.15, 0.2) is 0 Å². The lowest BCUT2D eigenvalue weighted by atomic mass is 9.52. The van der Waals surface area contributed by atoms with Crippen molar-refractivity contribution in [1.29, 1.82) is 5.26 Å². The highest BCUT2D eigenvalue weighted by atomic mass is 19.4. The first-order valence-electron chi connectivity index (χ1n) is 12.6. The number of hydrogen-bond acceptors (Lipinski definition) is 5. The Morgan fingerprint density at radius 3 is 2.33 bits per heavy atom. The zero-order chi connectivity index (χ0) is 26.9. The molecule has 2 aliphatic carbocycles. The van der Waals surface area contributed by atoms with Crippen LogP contribution in [0, 0.1) is 34.0 Å². The molecule has 36 heavy (non-hydrogen) atoms. The van der Waals surface area contributed by atoms with Crippen LogP contribution in [0.25, 0.3) is 0 Å². The Labute approximate surface area is 209 Å². The number of nitriles is 1. The standard InChI is InChI=1S/C25H36F3N5O3/c1-21(2,3)17(30-13-25(26,27)28)19(35)33-12-15-10-24(33,22(15,4)5)20(36)31-16(11-29)8-14-9-23(6-7-23)32-18(14)34/h14-17,30H,6-10,12-13H2,1-5H3,(H,31,36)(H,32,34)/t14-,15-,16+,17-,24-/m1/s1. The van der Waals surface area contributed by atoms with Gasteiger partial charge < -0.3 is 15.5 Å². The minimum atomic E-state index is -4.49. The third kappa shape index (κ3) is 4.35. The molecule has 0 radical (unpaired) electrons. The molecular formula is C25H36F3N5O3. The molecule has 3 aliphatic heterocycles. The summed E-state index contributed by atoms with van der Waals surface area (Å²) in [5, 5.41) is 17.9. The zero-order valence-electron chi connectivity index (χ0n) is 21.5. The summed E-state index contributed by atoms with van der Waals surface area (Å²) in [5.41, 5.74) is -2.85. The van der Waals surface area contributed by atoms with Gasteiger partial charge in [0.25, 0.3) is 0 Å².